The van der Waals surface area contributed by atoms with Gasteiger partial charge >= 0.3 is 5.91 Å². The molecule has 1 saturated carbocycles. The van der Waals surface area contributed by atoms with E-state index < -0.39 is 0 Å². The van der Waals surface area contributed by atoms with Crippen molar-refractivity contribution in [2.75, 3.05) is 26.1 Å². The summed E-state index contributed by atoms with van der Waals surface area (Å²) >= 11 is 0. The van der Waals surface area contributed by atoms with E-state index >= 15 is 0 Å². The smallest absolute Gasteiger partial charge is 0.345 e. The lowest BCUT2D eigenvalue weighted by Gasteiger charge is -2.39. The minimum absolute atomic E-state index is 0.190. The number of benzene rings is 3. The highest BCUT2D eigenvalue weighted by Crippen LogP contribution is 2.31. The number of anilines is 1. The van der Waals surface area contributed by atoms with Crippen LogP contribution in [-0.4, -0.2) is 38.6 Å². The largest absolute Gasteiger partial charge is 0.493 e. The van der Waals surface area contributed by atoms with E-state index in [2.05, 4.69) is 5.32 Å². The first kappa shape index (κ1) is 23.4. The number of carbonyl (C=O) groups is 2. The Kier molecular flexibility index (Phi) is 6.73. The average Bonchev–Trinajstić information content (AvgIpc) is 2.92. The number of likely N-dealkylation sites (tertiary alicyclic amines) is 1. The van der Waals surface area contributed by atoms with Crippen molar-refractivity contribution in [1.29, 1.82) is 0 Å². The van der Waals surface area contributed by atoms with Crippen LogP contribution in [-0.2, 0) is 0 Å². The van der Waals surface area contributed by atoms with E-state index in [1.807, 2.05) is 36.4 Å². The Morgan fingerprint density at radius 1 is 0.857 bits per heavy atom. The molecule has 2 unspecified atom stereocenters. The molecule has 0 aromatic heterocycles. The van der Waals surface area contributed by atoms with Crippen molar-refractivity contribution in [3.63, 3.8) is 0 Å². The Morgan fingerprint density at radius 2 is 1.60 bits per heavy atom. The number of amides is 2. The molecule has 3 atom stereocenters. The number of carbonyl (C=O) groups excluding carboxylic acids is 2. The number of rotatable bonds is 5. The molecule has 1 aliphatic heterocycles. The second kappa shape index (κ2) is 10.1. The first-order valence-corrected chi connectivity index (χ1v) is 12.6. The predicted molar refractivity (Wildman–Crippen MR) is 137 cm³/mol. The maximum atomic E-state index is 13.8. The summed E-state index contributed by atoms with van der Waals surface area (Å²) in [5.41, 5.74) is 1.89. The van der Waals surface area contributed by atoms with Gasteiger partial charge in [0.25, 0.3) is 5.91 Å². The number of hydrogen-bond donors (Lipinski definition) is 2. The molecular formula is C29H33N2O4+. The zero-order valence-corrected chi connectivity index (χ0v) is 20.4. The molecule has 6 nitrogen and oxygen atoms in total. The summed E-state index contributed by atoms with van der Waals surface area (Å²) in [5.74, 6) is 1.68. The van der Waals surface area contributed by atoms with Crippen LogP contribution in [0.25, 0.3) is 10.8 Å². The topological polar surface area (TPSA) is 69.1 Å². The summed E-state index contributed by atoms with van der Waals surface area (Å²) in [7, 11) is 3.11. The molecule has 1 aliphatic carbocycles. The van der Waals surface area contributed by atoms with Crippen LogP contribution in [0, 0.1) is 5.92 Å². The standard InChI is InChI=1S/C29H32N2O4/c1-34-26-16-13-20(18-27(26)35-2)28(32)30-24-15-14-23(21-10-4-5-11-22(21)24)29(33)31-17-7-9-19-8-3-6-12-25(19)31/h4-5,10-11,13-16,18-19,25H,3,6-9,12,17H2,1-2H3,(H,30,32)/p+1/t19-,25?/m1/s1. The van der Waals surface area contributed by atoms with Crippen LogP contribution in [0.3, 0.4) is 0 Å². The van der Waals surface area contributed by atoms with Crippen molar-refractivity contribution in [1.82, 2.24) is 0 Å². The molecule has 2 amide bonds. The van der Waals surface area contributed by atoms with Crippen molar-refractivity contribution in [3.05, 3.63) is 65.7 Å². The Morgan fingerprint density at radius 3 is 2.40 bits per heavy atom. The summed E-state index contributed by atoms with van der Waals surface area (Å²) in [6, 6.07) is 17.1. The first-order valence-electron chi connectivity index (χ1n) is 12.6. The number of piperidine rings is 1. The highest BCUT2D eigenvalue weighted by Gasteiger charge is 2.41. The fraction of sp³-hybridized carbons (Fsp3) is 0.379. The molecule has 1 saturated heterocycles. The van der Waals surface area contributed by atoms with Crippen molar-refractivity contribution >= 4 is 28.3 Å². The number of fused-ring (bicyclic) bond motifs is 2. The average molecular weight is 474 g/mol. The summed E-state index contributed by atoms with van der Waals surface area (Å²) in [6.07, 6.45) is 7.27. The van der Waals surface area contributed by atoms with Gasteiger partial charge in [0.2, 0.25) is 0 Å². The number of hydrogen-bond acceptors (Lipinski definition) is 4. The number of methoxy groups -OCH3 is 2. The minimum Gasteiger partial charge on any atom is -0.493 e. The molecule has 3 aromatic rings. The monoisotopic (exact) mass is 473 g/mol. The van der Waals surface area contributed by atoms with E-state index in [4.69, 9.17) is 9.47 Å². The van der Waals surface area contributed by atoms with E-state index in [0.717, 1.165) is 40.6 Å². The first-order chi connectivity index (χ1) is 17.1. The Hall–Kier alpha value is -3.38. The van der Waals surface area contributed by atoms with Crippen LogP contribution in [0.15, 0.2) is 54.6 Å². The molecule has 2 N–H and O–H groups in total. The van der Waals surface area contributed by atoms with Crippen LogP contribution >= 0.6 is 0 Å². The van der Waals surface area contributed by atoms with Gasteiger partial charge in [-0.1, -0.05) is 30.7 Å². The fourth-order valence-electron chi connectivity index (χ4n) is 5.98. The van der Waals surface area contributed by atoms with Gasteiger partial charge in [-0.25, -0.2) is 4.79 Å². The van der Waals surface area contributed by atoms with Gasteiger partial charge in [-0.15, -0.1) is 0 Å². The number of ether oxygens (including phenoxy) is 2. The molecule has 35 heavy (non-hydrogen) atoms. The van der Waals surface area contributed by atoms with Crippen molar-refractivity contribution in [2.24, 2.45) is 5.92 Å². The van der Waals surface area contributed by atoms with Gasteiger partial charge in [0.05, 0.1) is 32.4 Å². The van der Waals surface area contributed by atoms with Gasteiger partial charge in [-0.2, -0.15) is 0 Å². The lowest BCUT2D eigenvalue weighted by atomic mass is 9.78. The third-order valence-electron chi connectivity index (χ3n) is 7.73. The van der Waals surface area contributed by atoms with Crippen molar-refractivity contribution < 1.29 is 24.0 Å². The van der Waals surface area contributed by atoms with E-state index in [1.165, 1.54) is 25.7 Å². The zero-order chi connectivity index (χ0) is 24.4. The van der Waals surface area contributed by atoms with Crippen LogP contribution < -0.4 is 19.7 Å². The minimum atomic E-state index is -0.248. The maximum Gasteiger partial charge on any atom is 0.345 e. The van der Waals surface area contributed by atoms with Gasteiger partial charge in [0, 0.05) is 34.4 Å². The Bertz CT molecular complexity index is 1250. The maximum absolute atomic E-state index is 13.8. The van der Waals surface area contributed by atoms with Gasteiger partial charge < -0.3 is 14.8 Å². The molecule has 6 heteroatoms. The molecule has 0 radical (unpaired) electrons. The second-order valence-corrected chi connectivity index (χ2v) is 9.63. The molecule has 1 heterocycles. The van der Waals surface area contributed by atoms with Gasteiger partial charge in [0.1, 0.15) is 0 Å². The third kappa shape index (κ3) is 4.50. The molecular weight excluding hydrogens is 440 g/mol. The molecule has 3 aromatic carbocycles. The molecule has 2 aliphatic rings. The van der Waals surface area contributed by atoms with E-state index in [1.54, 1.807) is 32.4 Å². The molecule has 0 spiro atoms. The third-order valence-corrected chi connectivity index (χ3v) is 7.73. The summed E-state index contributed by atoms with van der Waals surface area (Å²) in [5, 5.41) is 4.77. The predicted octanol–water partition coefficient (Wildman–Crippen LogP) is 4.49. The van der Waals surface area contributed by atoms with Crippen molar-refractivity contribution in [2.45, 2.75) is 44.6 Å². The van der Waals surface area contributed by atoms with Gasteiger partial charge in [-0.3, -0.25) is 9.69 Å². The van der Waals surface area contributed by atoms with E-state index in [9.17, 15) is 9.59 Å². The normalized spacial score (nSPS) is 21.7. The van der Waals surface area contributed by atoms with E-state index in [-0.39, 0.29) is 11.8 Å². The van der Waals surface area contributed by atoms with Crippen LogP contribution in [0.1, 0.15) is 59.2 Å². The number of nitrogens with one attached hydrogen (secondary N) is 2. The quantitative estimate of drug-likeness (QED) is 0.573. The molecule has 0 bridgehead atoms. The lowest BCUT2D eigenvalue weighted by Crippen LogP contribution is -3.19. The highest BCUT2D eigenvalue weighted by atomic mass is 16.5. The van der Waals surface area contributed by atoms with Gasteiger partial charge in [0.15, 0.2) is 11.5 Å². The highest BCUT2D eigenvalue weighted by molar-refractivity contribution is 6.13. The van der Waals surface area contributed by atoms with Crippen molar-refractivity contribution in [3.8, 4) is 11.5 Å². The van der Waals surface area contributed by atoms with Crippen LogP contribution in [0.4, 0.5) is 5.69 Å². The summed E-state index contributed by atoms with van der Waals surface area (Å²) in [4.78, 5) is 28.0. The molecule has 2 fully saturated rings. The Labute approximate surface area is 206 Å². The summed E-state index contributed by atoms with van der Waals surface area (Å²) in [6.45, 7) is 0.909. The molecule has 182 valence electrons. The van der Waals surface area contributed by atoms with Crippen LogP contribution in [0.2, 0.25) is 0 Å². The molecule has 5 rings (SSSR count). The van der Waals surface area contributed by atoms with Gasteiger partial charge in [-0.05, 0) is 56.0 Å². The van der Waals surface area contributed by atoms with Crippen LogP contribution in [0.5, 0.6) is 11.5 Å². The summed E-state index contributed by atoms with van der Waals surface area (Å²) < 4.78 is 10.6. The lowest BCUT2D eigenvalue weighted by molar-refractivity contribution is -0.855. The number of quaternary nitrogens is 1. The fourth-order valence-corrected chi connectivity index (χ4v) is 5.98. The SMILES string of the molecule is COc1ccc(C(=O)Nc2ccc(C(=O)[NH+]3CCC[C@H]4CCCCC43)c3ccccc23)cc1OC. The Balaban J connectivity index is 1.44. The zero-order valence-electron chi connectivity index (χ0n) is 20.4. The second-order valence-electron chi connectivity index (χ2n) is 9.63. The van der Waals surface area contributed by atoms with E-state index in [0.29, 0.717) is 34.7 Å².